The molecule has 0 aliphatic carbocycles. The highest BCUT2D eigenvalue weighted by molar-refractivity contribution is 6.35. The van der Waals surface area contributed by atoms with E-state index in [0.717, 1.165) is 28.1 Å². The number of aromatic amines is 1. The highest BCUT2D eigenvalue weighted by Crippen LogP contribution is 2.25. The van der Waals surface area contributed by atoms with Crippen molar-refractivity contribution in [2.75, 3.05) is 6.61 Å². The van der Waals surface area contributed by atoms with Crippen LogP contribution in [0.4, 0.5) is 0 Å². The molecule has 1 N–H and O–H groups in total. The van der Waals surface area contributed by atoms with Crippen LogP contribution in [0.1, 0.15) is 12.5 Å². The summed E-state index contributed by atoms with van der Waals surface area (Å²) in [6.07, 6.45) is 1.95. The number of H-pyrrole nitrogens is 1. The molecule has 74 valence electrons. The van der Waals surface area contributed by atoms with Crippen LogP contribution in [0.3, 0.4) is 0 Å². The SMILES string of the molecule is CCOCc1c[nH]c2c(Cl)cccc12. The molecule has 2 nitrogen and oxygen atoms in total. The molecule has 1 aromatic carbocycles. The normalized spacial score (nSPS) is 11.0. The van der Waals surface area contributed by atoms with Crippen LogP contribution in [-0.4, -0.2) is 11.6 Å². The molecule has 2 rings (SSSR count). The molecule has 0 saturated carbocycles. The Bertz CT molecular complexity index is 436. The lowest BCUT2D eigenvalue weighted by atomic mass is 10.2. The molecule has 0 radical (unpaired) electrons. The Balaban J connectivity index is 2.42. The van der Waals surface area contributed by atoms with Crippen molar-refractivity contribution in [2.24, 2.45) is 0 Å². The Hall–Kier alpha value is -0.990. The Morgan fingerprint density at radius 1 is 1.43 bits per heavy atom. The topological polar surface area (TPSA) is 25.0 Å². The van der Waals surface area contributed by atoms with Gasteiger partial charge < -0.3 is 9.72 Å². The van der Waals surface area contributed by atoms with Crippen molar-refractivity contribution in [1.82, 2.24) is 4.98 Å². The van der Waals surface area contributed by atoms with Crippen LogP contribution in [0.15, 0.2) is 24.4 Å². The van der Waals surface area contributed by atoms with E-state index in [1.807, 2.05) is 31.3 Å². The number of ether oxygens (including phenoxy) is 1. The summed E-state index contributed by atoms with van der Waals surface area (Å²) in [5, 5.41) is 1.90. The second-order valence-corrected chi connectivity index (χ2v) is 3.52. The average Bonchev–Trinajstić information content (AvgIpc) is 2.60. The predicted molar refractivity (Wildman–Crippen MR) is 58.6 cm³/mol. The fourth-order valence-corrected chi connectivity index (χ4v) is 1.74. The minimum Gasteiger partial charge on any atom is -0.377 e. The molecule has 0 atom stereocenters. The van der Waals surface area contributed by atoms with Gasteiger partial charge in [-0.2, -0.15) is 0 Å². The third-order valence-electron chi connectivity index (χ3n) is 2.21. The maximum absolute atomic E-state index is 6.03. The van der Waals surface area contributed by atoms with Crippen LogP contribution in [-0.2, 0) is 11.3 Å². The number of nitrogens with one attached hydrogen (secondary N) is 1. The number of para-hydroxylation sites is 1. The van der Waals surface area contributed by atoms with Crippen molar-refractivity contribution in [3.05, 3.63) is 35.0 Å². The molecule has 0 bridgehead atoms. The quantitative estimate of drug-likeness (QED) is 0.824. The standard InChI is InChI=1S/C11H12ClNO/c1-2-14-7-8-6-13-11-9(8)4-3-5-10(11)12/h3-6,13H,2,7H2,1H3. The van der Waals surface area contributed by atoms with Gasteiger partial charge in [0.15, 0.2) is 0 Å². The number of rotatable bonds is 3. The zero-order chi connectivity index (χ0) is 9.97. The summed E-state index contributed by atoms with van der Waals surface area (Å²) in [5.74, 6) is 0. The summed E-state index contributed by atoms with van der Waals surface area (Å²) in [4.78, 5) is 3.15. The van der Waals surface area contributed by atoms with Gasteiger partial charge in [-0.05, 0) is 13.0 Å². The van der Waals surface area contributed by atoms with Crippen molar-refractivity contribution < 1.29 is 4.74 Å². The largest absolute Gasteiger partial charge is 0.377 e. The third-order valence-corrected chi connectivity index (χ3v) is 2.53. The summed E-state index contributed by atoms with van der Waals surface area (Å²) < 4.78 is 5.36. The molecule has 2 aromatic rings. The zero-order valence-corrected chi connectivity index (χ0v) is 8.77. The second kappa shape index (κ2) is 4.03. The van der Waals surface area contributed by atoms with Crippen molar-refractivity contribution in [3.8, 4) is 0 Å². The highest BCUT2D eigenvalue weighted by Gasteiger charge is 2.05. The number of hydrogen-bond donors (Lipinski definition) is 1. The smallest absolute Gasteiger partial charge is 0.0737 e. The number of benzene rings is 1. The monoisotopic (exact) mass is 209 g/mol. The minimum atomic E-state index is 0.636. The molecule has 0 aliphatic heterocycles. The summed E-state index contributed by atoms with van der Waals surface area (Å²) in [5.41, 5.74) is 2.15. The van der Waals surface area contributed by atoms with Crippen LogP contribution in [0, 0.1) is 0 Å². The van der Waals surface area contributed by atoms with Gasteiger partial charge in [-0.15, -0.1) is 0 Å². The Morgan fingerprint density at radius 3 is 3.07 bits per heavy atom. The molecule has 0 amide bonds. The molecule has 0 fully saturated rings. The van der Waals surface area contributed by atoms with Gasteiger partial charge in [0, 0.05) is 23.8 Å². The van der Waals surface area contributed by atoms with Crippen LogP contribution >= 0.6 is 11.6 Å². The van der Waals surface area contributed by atoms with E-state index < -0.39 is 0 Å². The fraction of sp³-hybridized carbons (Fsp3) is 0.273. The van der Waals surface area contributed by atoms with Gasteiger partial charge in [0.05, 0.1) is 17.1 Å². The van der Waals surface area contributed by atoms with E-state index in [9.17, 15) is 0 Å². The van der Waals surface area contributed by atoms with Gasteiger partial charge in [-0.25, -0.2) is 0 Å². The molecule has 3 heteroatoms. The molecule has 0 aliphatic rings. The molecular weight excluding hydrogens is 198 g/mol. The van der Waals surface area contributed by atoms with Gasteiger partial charge in [0.1, 0.15) is 0 Å². The summed E-state index contributed by atoms with van der Waals surface area (Å²) in [6.45, 7) is 3.35. The molecule has 0 spiro atoms. The molecule has 14 heavy (non-hydrogen) atoms. The molecule has 0 unspecified atom stereocenters. The van der Waals surface area contributed by atoms with Crippen molar-refractivity contribution in [2.45, 2.75) is 13.5 Å². The molecule has 0 saturated heterocycles. The highest BCUT2D eigenvalue weighted by atomic mass is 35.5. The van der Waals surface area contributed by atoms with Crippen LogP contribution in [0.25, 0.3) is 10.9 Å². The van der Waals surface area contributed by atoms with Gasteiger partial charge in [-0.3, -0.25) is 0 Å². The fourth-order valence-electron chi connectivity index (χ4n) is 1.51. The minimum absolute atomic E-state index is 0.636. The Labute approximate surface area is 87.8 Å². The van der Waals surface area contributed by atoms with Gasteiger partial charge in [-0.1, -0.05) is 23.7 Å². The maximum atomic E-state index is 6.03. The maximum Gasteiger partial charge on any atom is 0.0737 e. The van der Waals surface area contributed by atoms with E-state index in [2.05, 4.69) is 4.98 Å². The first-order valence-corrected chi connectivity index (χ1v) is 5.03. The third kappa shape index (κ3) is 1.63. The van der Waals surface area contributed by atoms with Crippen molar-refractivity contribution in [1.29, 1.82) is 0 Å². The second-order valence-electron chi connectivity index (χ2n) is 3.11. The lowest BCUT2D eigenvalue weighted by Crippen LogP contribution is -1.89. The molecular formula is C11H12ClNO. The lowest BCUT2D eigenvalue weighted by molar-refractivity contribution is 0.135. The first kappa shape index (κ1) is 9.56. The summed E-state index contributed by atoms with van der Waals surface area (Å²) in [6, 6.07) is 5.88. The first-order chi connectivity index (χ1) is 6.83. The van der Waals surface area contributed by atoms with Crippen LogP contribution in [0.5, 0.6) is 0 Å². The van der Waals surface area contributed by atoms with Crippen molar-refractivity contribution in [3.63, 3.8) is 0 Å². The lowest BCUT2D eigenvalue weighted by Gasteiger charge is -1.99. The predicted octanol–water partition coefficient (Wildman–Crippen LogP) is 3.36. The first-order valence-electron chi connectivity index (χ1n) is 4.65. The molecule has 1 aromatic heterocycles. The summed E-state index contributed by atoms with van der Waals surface area (Å²) >= 11 is 6.03. The molecule has 1 heterocycles. The Kier molecular flexibility index (Phi) is 2.75. The van der Waals surface area contributed by atoms with Crippen LogP contribution < -0.4 is 0 Å². The van der Waals surface area contributed by atoms with E-state index in [1.165, 1.54) is 0 Å². The zero-order valence-electron chi connectivity index (χ0n) is 8.01. The van der Waals surface area contributed by atoms with Gasteiger partial charge >= 0.3 is 0 Å². The number of halogens is 1. The number of fused-ring (bicyclic) bond motifs is 1. The summed E-state index contributed by atoms with van der Waals surface area (Å²) in [7, 11) is 0. The van der Waals surface area contributed by atoms with E-state index >= 15 is 0 Å². The average molecular weight is 210 g/mol. The number of hydrogen-bond acceptors (Lipinski definition) is 1. The number of aromatic nitrogens is 1. The van der Waals surface area contributed by atoms with Gasteiger partial charge in [0.2, 0.25) is 0 Å². The van der Waals surface area contributed by atoms with E-state index in [1.54, 1.807) is 0 Å². The van der Waals surface area contributed by atoms with Gasteiger partial charge in [0.25, 0.3) is 0 Å². The van der Waals surface area contributed by atoms with E-state index in [0.29, 0.717) is 6.61 Å². The van der Waals surface area contributed by atoms with Crippen molar-refractivity contribution >= 4 is 22.5 Å². The Morgan fingerprint density at radius 2 is 2.29 bits per heavy atom. The van der Waals surface area contributed by atoms with E-state index in [-0.39, 0.29) is 0 Å². The van der Waals surface area contributed by atoms with E-state index in [4.69, 9.17) is 16.3 Å². The van der Waals surface area contributed by atoms with Crippen LogP contribution in [0.2, 0.25) is 5.02 Å².